The number of hydrogen-bond acceptors (Lipinski definition) is 1. The minimum atomic E-state index is -0.417. The third kappa shape index (κ3) is 4.03. The maximum Gasteiger partial charge on any atom is 0.0714 e. The second-order valence-corrected chi connectivity index (χ2v) is 13.4. The molecule has 0 radical (unpaired) electrons. The van der Waals surface area contributed by atoms with Gasteiger partial charge >= 0.3 is 0 Å². The van der Waals surface area contributed by atoms with E-state index in [1.54, 1.807) is 0 Å². The smallest absolute Gasteiger partial charge is 0.0714 e. The molecule has 0 spiro atoms. The Kier molecular flexibility index (Phi) is 6.14. The van der Waals surface area contributed by atoms with E-state index < -0.39 is 5.41 Å². The normalized spacial score (nSPS) is 14.5. The van der Waals surface area contributed by atoms with Crippen LogP contribution in [0, 0.1) is 0 Å². The Morgan fingerprint density at radius 3 is 1.64 bits per heavy atom. The molecule has 0 heterocycles. The number of nitrogens with one attached hydrogen (secondary N) is 1. The zero-order chi connectivity index (χ0) is 31.6. The van der Waals surface area contributed by atoms with Crippen LogP contribution in [-0.4, -0.2) is 0 Å². The summed E-state index contributed by atoms with van der Waals surface area (Å²) < 4.78 is 0. The molecule has 0 atom stereocenters. The zero-order valence-corrected chi connectivity index (χ0v) is 26.7. The molecule has 0 saturated heterocycles. The van der Waals surface area contributed by atoms with Crippen molar-refractivity contribution in [1.29, 1.82) is 0 Å². The van der Waals surface area contributed by atoms with Gasteiger partial charge in [0.15, 0.2) is 0 Å². The second-order valence-electron chi connectivity index (χ2n) is 13.4. The minimum Gasteiger partial charge on any atom is -0.355 e. The van der Waals surface area contributed by atoms with Crippen LogP contribution in [0.25, 0.3) is 33.4 Å². The van der Waals surface area contributed by atoms with E-state index in [0.29, 0.717) is 0 Å². The van der Waals surface area contributed by atoms with Gasteiger partial charge in [-0.05, 0) is 91.0 Å². The molecular weight excluding hydrogens is 567 g/mol. The molecule has 47 heavy (non-hydrogen) atoms. The molecule has 0 bridgehead atoms. The fourth-order valence-electron chi connectivity index (χ4n) is 8.54. The van der Waals surface area contributed by atoms with Crippen molar-refractivity contribution in [3.05, 3.63) is 203 Å². The van der Waals surface area contributed by atoms with Crippen LogP contribution in [0.3, 0.4) is 0 Å². The number of hydrogen-bond donors (Lipinski definition) is 1. The average Bonchev–Trinajstić information content (AvgIpc) is 3.55. The highest BCUT2D eigenvalue weighted by Gasteiger charge is 2.46. The molecule has 0 aliphatic heterocycles. The van der Waals surface area contributed by atoms with Crippen LogP contribution >= 0.6 is 0 Å². The van der Waals surface area contributed by atoms with Gasteiger partial charge in [0.25, 0.3) is 0 Å². The Bertz CT molecular complexity index is 2260. The van der Waals surface area contributed by atoms with Crippen molar-refractivity contribution in [3.63, 3.8) is 0 Å². The summed E-state index contributed by atoms with van der Waals surface area (Å²) in [5.41, 5.74) is 17.5. The average molecular weight is 602 g/mol. The quantitative estimate of drug-likeness (QED) is 0.207. The summed E-state index contributed by atoms with van der Waals surface area (Å²) in [4.78, 5) is 0. The lowest BCUT2D eigenvalue weighted by Crippen LogP contribution is -2.28. The monoisotopic (exact) mass is 601 g/mol. The fourth-order valence-corrected chi connectivity index (χ4v) is 8.54. The van der Waals surface area contributed by atoms with E-state index in [9.17, 15) is 0 Å². The highest BCUT2D eigenvalue weighted by atomic mass is 14.9. The molecule has 0 unspecified atom stereocenters. The Labute approximate surface area is 277 Å². The molecule has 0 aromatic heterocycles. The van der Waals surface area contributed by atoms with Gasteiger partial charge in [-0.1, -0.05) is 159 Å². The number of benzene rings is 7. The van der Waals surface area contributed by atoms with Gasteiger partial charge in [0.05, 0.1) is 5.41 Å². The first-order valence-electron chi connectivity index (χ1n) is 16.5. The third-order valence-corrected chi connectivity index (χ3v) is 10.5. The first-order chi connectivity index (χ1) is 23.1. The summed E-state index contributed by atoms with van der Waals surface area (Å²) in [6.07, 6.45) is 0. The van der Waals surface area contributed by atoms with E-state index in [1.165, 1.54) is 66.8 Å². The lowest BCUT2D eigenvalue weighted by Gasteiger charge is -2.34. The van der Waals surface area contributed by atoms with Gasteiger partial charge in [-0.3, -0.25) is 0 Å². The molecule has 7 aromatic rings. The molecule has 7 aromatic carbocycles. The molecule has 2 aliphatic carbocycles. The summed E-state index contributed by atoms with van der Waals surface area (Å²) in [6.45, 7) is 4.72. The van der Waals surface area contributed by atoms with Crippen molar-refractivity contribution in [3.8, 4) is 33.4 Å². The van der Waals surface area contributed by atoms with Crippen molar-refractivity contribution in [1.82, 2.24) is 0 Å². The zero-order valence-electron chi connectivity index (χ0n) is 26.7. The van der Waals surface area contributed by atoms with Gasteiger partial charge in [0, 0.05) is 16.8 Å². The summed E-state index contributed by atoms with van der Waals surface area (Å²) in [5.74, 6) is 0. The van der Waals surface area contributed by atoms with Crippen molar-refractivity contribution in [2.75, 3.05) is 5.32 Å². The van der Waals surface area contributed by atoms with Gasteiger partial charge in [-0.25, -0.2) is 0 Å². The van der Waals surface area contributed by atoms with Crippen LogP contribution in [0.5, 0.6) is 0 Å². The Balaban J connectivity index is 1.16. The van der Waals surface area contributed by atoms with Crippen molar-refractivity contribution < 1.29 is 0 Å². The van der Waals surface area contributed by atoms with Gasteiger partial charge in [-0.2, -0.15) is 0 Å². The first kappa shape index (κ1) is 27.6. The SMILES string of the molecule is CC1(C)c2ccccc2-c2cccc(-c3cccc(Nc4ccc5c(c4)C(c4ccccc4)(c4ccccc4)c4ccccc4-5)c3)c21. The Hall–Kier alpha value is -5.66. The minimum absolute atomic E-state index is 0.0703. The molecule has 1 heteroatoms. The van der Waals surface area contributed by atoms with Crippen LogP contribution in [0.4, 0.5) is 11.4 Å². The van der Waals surface area contributed by atoms with E-state index in [1.807, 2.05) is 0 Å². The summed E-state index contributed by atoms with van der Waals surface area (Å²) >= 11 is 0. The topological polar surface area (TPSA) is 12.0 Å². The summed E-state index contributed by atoms with van der Waals surface area (Å²) in [7, 11) is 0. The molecule has 0 saturated carbocycles. The number of fused-ring (bicyclic) bond motifs is 6. The van der Waals surface area contributed by atoms with Crippen molar-refractivity contribution in [2.45, 2.75) is 24.7 Å². The number of anilines is 2. The van der Waals surface area contributed by atoms with E-state index >= 15 is 0 Å². The van der Waals surface area contributed by atoms with Crippen LogP contribution in [0.15, 0.2) is 170 Å². The van der Waals surface area contributed by atoms with Crippen LogP contribution < -0.4 is 5.32 Å². The molecule has 9 rings (SSSR count). The van der Waals surface area contributed by atoms with Gasteiger partial charge in [0.2, 0.25) is 0 Å². The maximum absolute atomic E-state index is 3.82. The predicted molar refractivity (Wildman–Crippen MR) is 196 cm³/mol. The lowest BCUT2D eigenvalue weighted by atomic mass is 9.67. The summed E-state index contributed by atoms with van der Waals surface area (Å²) in [5, 5.41) is 3.82. The first-order valence-corrected chi connectivity index (χ1v) is 16.5. The van der Waals surface area contributed by atoms with Crippen molar-refractivity contribution in [2.24, 2.45) is 0 Å². The molecule has 224 valence electrons. The van der Waals surface area contributed by atoms with Crippen LogP contribution in [-0.2, 0) is 10.8 Å². The van der Waals surface area contributed by atoms with Crippen LogP contribution in [0.1, 0.15) is 47.2 Å². The second kappa shape index (κ2) is 10.4. The van der Waals surface area contributed by atoms with Crippen LogP contribution in [0.2, 0.25) is 0 Å². The lowest BCUT2D eigenvalue weighted by molar-refractivity contribution is 0.662. The van der Waals surface area contributed by atoms with Gasteiger partial charge in [-0.15, -0.1) is 0 Å². The molecular formula is C46H35N. The molecule has 0 fully saturated rings. The molecule has 1 nitrogen and oxygen atoms in total. The molecule has 2 aliphatic rings. The maximum atomic E-state index is 3.82. The van der Waals surface area contributed by atoms with Gasteiger partial charge in [0.1, 0.15) is 0 Å². The highest BCUT2D eigenvalue weighted by Crippen LogP contribution is 2.57. The van der Waals surface area contributed by atoms with E-state index in [4.69, 9.17) is 0 Å². The van der Waals surface area contributed by atoms with E-state index in [2.05, 4.69) is 189 Å². The van der Waals surface area contributed by atoms with E-state index in [0.717, 1.165) is 11.4 Å². The standard InChI is InChI=1S/C46H35N/c1-45(2)41-25-11-9-22-38(41)40-24-14-23-36(44(40)45)31-15-13-20-34(29-31)47-35-27-28-39-37-21-10-12-26-42(37)46(43(39)30-35,32-16-5-3-6-17-32)33-18-7-4-8-19-33/h3-30,47H,1-2H3. The number of rotatable bonds is 5. The Morgan fingerprint density at radius 2 is 0.915 bits per heavy atom. The molecule has 0 amide bonds. The van der Waals surface area contributed by atoms with Gasteiger partial charge < -0.3 is 5.32 Å². The van der Waals surface area contributed by atoms with E-state index in [-0.39, 0.29) is 5.41 Å². The summed E-state index contributed by atoms with van der Waals surface area (Å²) in [6, 6.07) is 62.3. The fraction of sp³-hybridized carbons (Fsp3) is 0.0870. The predicted octanol–water partition coefficient (Wildman–Crippen LogP) is 11.8. The third-order valence-electron chi connectivity index (χ3n) is 10.5. The largest absolute Gasteiger partial charge is 0.355 e. The Morgan fingerprint density at radius 1 is 0.383 bits per heavy atom. The van der Waals surface area contributed by atoms with Crippen molar-refractivity contribution >= 4 is 11.4 Å². The molecule has 1 N–H and O–H groups in total. The highest BCUT2D eigenvalue weighted by molar-refractivity contribution is 5.90.